The molecule has 3 rings (SSSR count). The number of nitrogens with zero attached hydrogens (tertiary/aromatic N) is 1. The van der Waals surface area contributed by atoms with E-state index in [1.54, 1.807) is 26.2 Å². The quantitative estimate of drug-likeness (QED) is 0.773. The number of pyridine rings is 1. The number of aromatic nitrogens is 1. The summed E-state index contributed by atoms with van der Waals surface area (Å²) < 4.78 is 11.0. The molecule has 0 radical (unpaired) electrons. The molecule has 5 nitrogen and oxygen atoms in total. The van der Waals surface area contributed by atoms with Crippen molar-refractivity contribution in [3.8, 4) is 11.5 Å². The van der Waals surface area contributed by atoms with Crippen molar-refractivity contribution in [1.82, 2.24) is 4.98 Å². The van der Waals surface area contributed by atoms with Gasteiger partial charge in [-0.2, -0.15) is 0 Å². The highest BCUT2D eigenvalue weighted by atomic mass is 16.5. The topological polar surface area (TPSA) is 68.7 Å². The lowest BCUT2D eigenvalue weighted by Gasteiger charge is -2.14. The molecule has 5 heteroatoms. The van der Waals surface area contributed by atoms with E-state index in [1.807, 2.05) is 36.4 Å². The summed E-state index contributed by atoms with van der Waals surface area (Å²) in [6, 6.07) is 14.7. The molecule has 0 unspecified atom stereocenters. The molecule has 0 saturated carbocycles. The SMILES string of the molecule is COc1ccccc1OCc1nc2ccccc2c(C)c1C(=O)O. The number of fused-ring (bicyclic) bond motifs is 1. The zero-order valence-corrected chi connectivity index (χ0v) is 13.4. The first-order valence-electron chi connectivity index (χ1n) is 7.49. The van der Waals surface area contributed by atoms with Gasteiger partial charge < -0.3 is 14.6 Å². The molecule has 1 aromatic heterocycles. The summed E-state index contributed by atoms with van der Waals surface area (Å²) in [5.74, 6) is 0.125. The number of rotatable bonds is 5. The van der Waals surface area contributed by atoms with Crippen molar-refractivity contribution in [3.63, 3.8) is 0 Å². The van der Waals surface area contributed by atoms with E-state index >= 15 is 0 Å². The summed E-state index contributed by atoms with van der Waals surface area (Å²) in [4.78, 5) is 16.2. The smallest absolute Gasteiger partial charge is 0.337 e. The first kappa shape index (κ1) is 15.8. The van der Waals surface area contributed by atoms with Crippen molar-refractivity contribution in [2.24, 2.45) is 0 Å². The average Bonchev–Trinajstić information content (AvgIpc) is 2.60. The van der Waals surface area contributed by atoms with Crippen LogP contribution >= 0.6 is 0 Å². The third kappa shape index (κ3) is 2.88. The van der Waals surface area contributed by atoms with Gasteiger partial charge in [-0.25, -0.2) is 9.78 Å². The van der Waals surface area contributed by atoms with Crippen molar-refractivity contribution in [2.75, 3.05) is 7.11 Å². The highest BCUT2D eigenvalue weighted by Crippen LogP contribution is 2.28. The summed E-state index contributed by atoms with van der Waals surface area (Å²) in [5, 5.41) is 10.4. The maximum absolute atomic E-state index is 11.7. The zero-order chi connectivity index (χ0) is 17.1. The van der Waals surface area contributed by atoms with E-state index in [1.165, 1.54) is 0 Å². The van der Waals surface area contributed by atoms with Gasteiger partial charge in [0.25, 0.3) is 0 Å². The first-order valence-corrected chi connectivity index (χ1v) is 7.49. The number of hydrogen-bond acceptors (Lipinski definition) is 4. The summed E-state index contributed by atoms with van der Waals surface area (Å²) >= 11 is 0. The van der Waals surface area contributed by atoms with Gasteiger partial charge in [0.15, 0.2) is 11.5 Å². The molecule has 0 fully saturated rings. The summed E-state index contributed by atoms with van der Waals surface area (Å²) in [6.45, 7) is 1.84. The minimum absolute atomic E-state index is 0.0493. The largest absolute Gasteiger partial charge is 0.493 e. The van der Waals surface area contributed by atoms with Crippen LogP contribution < -0.4 is 9.47 Å². The van der Waals surface area contributed by atoms with Crippen LogP contribution in [0.5, 0.6) is 11.5 Å². The molecule has 0 atom stereocenters. The van der Waals surface area contributed by atoms with Crippen LogP contribution in [0.1, 0.15) is 21.6 Å². The van der Waals surface area contributed by atoms with Gasteiger partial charge in [0.1, 0.15) is 6.61 Å². The second kappa shape index (κ2) is 6.58. The molecule has 24 heavy (non-hydrogen) atoms. The van der Waals surface area contributed by atoms with E-state index in [2.05, 4.69) is 4.98 Å². The molecule has 0 aliphatic rings. The van der Waals surface area contributed by atoms with Gasteiger partial charge in [-0.1, -0.05) is 30.3 Å². The molecule has 122 valence electrons. The van der Waals surface area contributed by atoms with E-state index in [4.69, 9.17) is 9.47 Å². The molecule has 2 aromatic carbocycles. The van der Waals surface area contributed by atoms with E-state index in [9.17, 15) is 9.90 Å². The van der Waals surface area contributed by atoms with Crippen LogP contribution in [0.2, 0.25) is 0 Å². The Morgan fingerprint density at radius 1 is 1.08 bits per heavy atom. The minimum atomic E-state index is -1.01. The molecule has 0 amide bonds. The van der Waals surface area contributed by atoms with Crippen molar-refractivity contribution in [1.29, 1.82) is 0 Å². The van der Waals surface area contributed by atoms with Crippen LogP contribution in [0.4, 0.5) is 0 Å². The zero-order valence-electron chi connectivity index (χ0n) is 13.4. The molecule has 0 aliphatic heterocycles. The number of aryl methyl sites for hydroxylation is 1. The van der Waals surface area contributed by atoms with E-state index in [-0.39, 0.29) is 12.2 Å². The highest BCUT2D eigenvalue weighted by Gasteiger charge is 2.18. The molecular formula is C19H17NO4. The van der Waals surface area contributed by atoms with E-state index in [0.717, 1.165) is 10.9 Å². The Labute approximate surface area is 139 Å². The second-order valence-corrected chi connectivity index (χ2v) is 5.32. The number of hydrogen-bond donors (Lipinski definition) is 1. The average molecular weight is 323 g/mol. The Bertz CT molecular complexity index is 905. The van der Waals surface area contributed by atoms with Gasteiger partial charge in [-0.3, -0.25) is 0 Å². The van der Waals surface area contributed by atoms with Crippen LogP contribution in [-0.4, -0.2) is 23.2 Å². The number of methoxy groups -OCH3 is 1. The molecule has 3 aromatic rings. The van der Waals surface area contributed by atoms with Gasteiger partial charge in [-0.15, -0.1) is 0 Å². The Kier molecular flexibility index (Phi) is 4.33. The van der Waals surface area contributed by atoms with Gasteiger partial charge in [-0.05, 0) is 30.7 Å². The van der Waals surface area contributed by atoms with Crippen molar-refractivity contribution in [2.45, 2.75) is 13.5 Å². The van der Waals surface area contributed by atoms with Crippen LogP contribution in [0.15, 0.2) is 48.5 Å². The minimum Gasteiger partial charge on any atom is -0.493 e. The summed E-state index contributed by atoms with van der Waals surface area (Å²) in [7, 11) is 1.56. The van der Waals surface area contributed by atoms with Gasteiger partial charge in [0.2, 0.25) is 0 Å². The number of benzene rings is 2. The fourth-order valence-corrected chi connectivity index (χ4v) is 2.71. The van der Waals surface area contributed by atoms with E-state index in [0.29, 0.717) is 22.8 Å². The fourth-order valence-electron chi connectivity index (χ4n) is 2.71. The van der Waals surface area contributed by atoms with Crippen LogP contribution in [-0.2, 0) is 6.61 Å². The summed E-state index contributed by atoms with van der Waals surface area (Å²) in [6.07, 6.45) is 0. The number of aromatic carboxylic acids is 1. The number of carboxylic acids is 1. The molecular weight excluding hydrogens is 306 g/mol. The lowest BCUT2D eigenvalue weighted by atomic mass is 10.0. The van der Waals surface area contributed by atoms with Gasteiger partial charge in [0, 0.05) is 5.39 Å². The lowest BCUT2D eigenvalue weighted by molar-refractivity contribution is 0.0692. The number of carbonyl (C=O) groups is 1. The molecule has 0 aliphatic carbocycles. The van der Waals surface area contributed by atoms with E-state index < -0.39 is 5.97 Å². The monoisotopic (exact) mass is 323 g/mol. The Morgan fingerprint density at radius 2 is 1.75 bits per heavy atom. The number of para-hydroxylation sites is 3. The molecule has 0 saturated heterocycles. The Morgan fingerprint density at radius 3 is 2.46 bits per heavy atom. The lowest BCUT2D eigenvalue weighted by Crippen LogP contribution is -2.11. The Balaban J connectivity index is 2.02. The normalized spacial score (nSPS) is 10.6. The third-order valence-corrected chi connectivity index (χ3v) is 3.87. The van der Waals surface area contributed by atoms with Crippen LogP contribution in [0.3, 0.4) is 0 Å². The van der Waals surface area contributed by atoms with Crippen molar-refractivity contribution in [3.05, 3.63) is 65.4 Å². The van der Waals surface area contributed by atoms with Crippen molar-refractivity contribution >= 4 is 16.9 Å². The number of ether oxygens (including phenoxy) is 2. The summed E-state index contributed by atoms with van der Waals surface area (Å²) in [5.41, 5.74) is 2.01. The van der Waals surface area contributed by atoms with Crippen molar-refractivity contribution < 1.29 is 19.4 Å². The fraction of sp³-hybridized carbons (Fsp3) is 0.158. The predicted molar refractivity (Wildman–Crippen MR) is 90.8 cm³/mol. The standard InChI is InChI=1S/C19H17NO4/c1-12-13-7-3-4-8-14(13)20-15(18(12)19(21)22)11-24-17-10-6-5-9-16(17)23-2/h3-10H,11H2,1-2H3,(H,21,22). The molecule has 0 bridgehead atoms. The van der Waals surface area contributed by atoms with Gasteiger partial charge >= 0.3 is 5.97 Å². The Hall–Kier alpha value is -3.08. The van der Waals surface area contributed by atoms with Gasteiger partial charge in [0.05, 0.1) is 23.9 Å². The molecule has 0 spiro atoms. The number of carboxylic acid groups (broad SMARTS) is 1. The first-order chi connectivity index (χ1) is 11.6. The predicted octanol–water partition coefficient (Wildman–Crippen LogP) is 3.83. The molecule has 1 heterocycles. The maximum Gasteiger partial charge on any atom is 0.337 e. The third-order valence-electron chi connectivity index (χ3n) is 3.87. The van der Waals surface area contributed by atoms with Crippen LogP contribution in [0, 0.1) is 6.92 Å². The maximum atomic E-state index is 11.7. The second-order valence-electron chi connectivity index (χ2n) is 5.32. The van der Waals surface area contributed by atoms with Crippen LogP contribution in [0.25, 0.3) is 10.9 Å². The highest BCUT2D eigenvalue weighted by molar-refractivity contribution is 5.97. The molecule has 1 N–H and O–H groups in total.